The van der Waals surface area contributed by atoms with Gasteiger partial charge in [-0.1, -0.05) is 43.5 Å². The second-order valence-electron chi connectivity index (χ2n) is 11.7. The first-order chi connectivity index (χ1) is 18.5. The molecule has 0 unspecified atom stereocenters. The number of aliphatic hydroxyl groups is 1. The average molecular weight is 578 g/mol. The van der Waals surface area contributed by atoms with Gasteiger partial charge in [0.15, 0.2) is 11.5 Å². The van der Waals surface area contributed by atoms with Crippen LogP contribution in [-0.2, 0) is 16.1 Å². The summed E-state index contributed by atoms with van der Waals surface area (Å²) in [5.74, 6) is 0.400. The number of benzene rings is 2. The fourth-order valence-corrected chi connectivity index (χ4v) is 6.96. The van der Waals surface area contributed by atoms with Crippen LogP contribution < -0.4 is 14.2 Å². The third-order valence-corrected chi connectivity index (χ3v) is 9.56. The number of aliphatic hydroxyl groups excluding tert-OH is 1. The third kappa shape index (κ3) is 4.76. The van der Waals surface area contributed by atoms with E-state index < -0.39 is 17.5 Å². The number of carbonyl (C=O) groups is 2. The molecule has 9 heteroatoms. The summed E-state index contributed by atoms with van der Waals surface area (Å²) in [6.45, 7) is 7.42. The molecule has 1 aliphatic heterocycles. The quantitative estimate of drug-likeness (QED) is 0.280. The molecule has 0 spiro atoms. The fraction of sp³-hybridized carbons (Fsp3) is 0.533. The number of carbonyl (C=O) groups excluding carboxylic acids is 2. The maximum atomic E-state index is 13.6. The van der Waals surface area contributed by atoms with Crippen LogP contribution in [0.15, 0.2) is 12.1 Å². The highest BCUT2D eigenvalue weighted by molar-refractivity contribution is 6.38. The zero-order valence-electron chi connectivity index (χ0n) is 22.9. The van der Waals surface area contributed by atoms with Crippen molar-refractivity contribution in [1.29, 1.82) is 0 Å². The SMILES string of the molecule is COc1c([C@@H](O)CC(C)C)ccc2c1C(=O)OCc1c(Cl)c(C)c(Cl)c(OC(=O)[C@@]3(C)C[C@H]4CC[C@@H]3C4)c1O2. The lowest BCUT2D eigenvalue weighted by atomic mass is 9.75. The summed E-state index contributed by atoms with van der Waals surface area (Å²) >= 11 is 13.4. The summed E-state index contributed by atoms with van der Waals surface area (Å²) in [6.07, 6.45) is 3.57. The van der Waals surface area contributed by atoms with E-state index in [4.69, 9.17) is 42.1 Å². The van der Waals surface area contributed by atoms with Gasteiger partial charge in [-0.15, -0.1) is 0 Å². The number of cyclic esters (lactones) is 1. The highest BCUT2D eigenvalue weighted by Crippen LogP contribution is 2.57. The molecule has 2 aromatic carbocycles. The molecule has 2 aliphatic carbocycles. The van der Waals surface area contributed by atoms with Gasteiger partial charge in [-0.3, -0.25) is 4.79 Å². The number of methoxy groups -OCH3 is 1. The van der Waals surface area contributed by atoms with E-state index in [0.29, 0.717) is 29.0 Å². The van der Waals surface area contributed by atoms with Crippen molar-refractivity contribution in [1.82, 2.24) is 0 Å². The van der Waals surface area contributed by atoms with Crippen molar-refractivity contribution in [3.05, 3.63) is 44.4 Å². The van der Waals surface area contributed by atoms with E-state index >= 15 is 0 Å². The van der Waals surface area contributed by atoms with Gasteiger partial charge in [-0.25, -0.2) is 4.79 Å². The number of hydrogen-bond donors (Lipinski definition) is 1. The third-order valence-electron chi connectivity index (χ3n) is 8.59. The first-order valence-corrected chi connectivity index (χ1v) is 14.2. The zero-order valence-corrected chi connectivity index (χ0v) is 24.4. The van der Waals surface area contributed by atoms with Crippen LogP contribution in [0.5, 0.6) is 23.0 Å². The highest BCUT2D eigenvalue weighted by Gasteiger charge is 2.54. The minimum atomic E-state index is -0.860. The van der Waals surface area contributed by atoms with Gasteiger partial charge in [-0.05, 0) is 75.0 Å². The van der Waals surface area contributed by atoms with E-state index in [0.717, 1.165) is 25.7 Å². The smallest absolute Gasteiger partial charge is 0.346 e. The number of halogens is 2. The maximum Gasteiger partial charge on any atom is 0.346 e. The standard InChI is InChI=1S/C30H34Cl2O7/c1-14(2)10-20(33)18-8-9-21-22(25(18)36-5)28(34)37-13-19-23(31)15(3)24(32)27(26(19)38-21)39-29(35)30(4)12-16-6-7-17(30)11-16/h8-9,14,16-17,20,33H,6-7,10-13H2,1-5H3/t16-,17+,20-,30-/m0/s1. The molecule has 2 saturated carbocycles. The Balaban J connectivity index is 1.60. The molecule has 0 amide bonds. The molecule has 210 valence electrons. The lowest BCUT2D eigenvalue weighted by Gasteiger charge is -2.32. The van der Waals surface area contributed by atoms with Crippen molar-refractivity contribution in [2.24, 2.45) is 23.2 Å². The second kappa shape index (κ2) is 10.5. The molecule has 1 N–H and O–H groups in total. The predicted molar refractivity (Wildman–Crippen MR) is 147 cm³/mol. The van der Waals surface area contributed by atoms with Crippen molar-refractivity contribution in [2.45, 2.75) is 72.5 Å². The van der Waals surface area contributed by atoms with E-state index in [1.807, 2.05) is 20.8 Å². The Morgan fingerprint density at radius 1 is 1.21 bits per heavy atom. The van der Waals surface area contributed by atoms with E-state index in [1.54, 1.807) is 19.1 Å². The van der Waals surface area contributed by atoms with E-state index in [9.17, 15) is 14.7 Å². The molecular formula is C30H34Cl2O7. The molecule has 4 atom stereocenters. The summed E-state index contributed by atoms with van der Waals surface area (Å²) in [6, 6.07) is 3.22. The second-order valence-corrected chi connectivity index (χ2v) is 12.4. The molecule has 3 aliphatic rings. The topological polar surface area (TPSA) is 91.3 Å². The van der Waals surface area contributed by atoms with Gasteiger partial charge in [0.2, 0.25) is 0 Å². The molecule has 2 fully saturated rings. The number of esters is 2. The molecule has 2 aromatic rings. The molecule has 0 saturated heterocycles. The Labute approximate surface area is 238 Å². The Bertz CT molecular complexity index is 1340. The van der Waals surface area contributed by atoms with Gasteiger partial charge in [0.1, 0.15) is 23.7 Å². The maximum absolute atomic E-state index is 13.6. The predicted octanol–water partition coefficient (Wildman–Crippen LogP) is 7.58. The van der Waals surface area contributed by atoms with Crippen LogP contribution in [0.1, 0.15) is 86.0 Å². The van der Waals surface area contributed by atoms with Crippen molar-refractivity contribution >= 4 is 35.1 Å². The van der Waals surface area contributed by atoms with Crippen LogP contribution in [0.3, 0.4) is 0 Å². The average Bonchev–Trinajstić information content (AvgIpc) is 3.48. The molecule has 7 nitrogen and oxygen atoms in total. The largest absolute Gasteiger partial charge is 0.495 e. The Kier molecular flexibility index (Phi) is 7.55. The van der Waals surface area contributed by atoms with Crippen LogP contribution in [0.2, 0.25) is 10.0 Å². The number of ether oxygens (including phenoxy) is 4. The lowest BCUT2D eigenvalue weighted by Crippen LogP contribution is -2.37. The van der Waals surface area contributed by atoms with Gasteiger partial charge in [0, 0.05) is 5.56 Å². The first kappa shape index (κ1) is 28.1. The van der Waals surface area contributed by atoms with Gasteiger partial charge in [0.25, 0.3) is 0 Å². The van der Waals surface area contributed by atoms with Crippen molar-refractivity contribution < 1.29 is 33.6 Å². The Morgan fingerprint density at radius 3 is 2.56 bits per heavy atom. The van der Waals surface area contributed by atoms with Crippen LogP contribution in [0, 0.1) is 30.1 Å². The van der Waals surface area contributed by atoms with Crippen molar-refractivity contribution in [2.75, 3.05) is 7.11 Å². The Hall–Kier alpha value is -2.48. The monoisotopic (exact) mass is 576 g/mol. The van der Waals surface area contributed by atoms with Crippen molar-refractivity contribution in [3.8, 4) is 23.0 Å². The number of hydrogen-bond acceptors (Lipinski definition) is 7. The first-order valence-electron chi connectivity index (χ1n) is 13.4. The summed E-state index contributed by atoms with van der Waals surface area (Å²) < 4.78 is 23.6. The lowest BCUT2D eigenvalue weighted by molar-refractivity contribution is -0.148. The fourth-order valence-electron chi connectivity index (χ4n) is 6.46. The molecule has 0 aromatic heterocycles. The molecular weight excluding hydrogens is 543 g/mol. The van der Waals surface area contributed by atoms with Crippen LogP contribution in [0.25, 0.3) is 0 Å². The van der Waals surface area contributed by atoms with Gasteiger partial charge < -0.3 is 24.1 Å². The molecule has 5 rings (SSSR count). The summed E-state index contributed by atoms with van der Waals surface area (Å²) in [5, 5.41) is 11.2. The molecule has 2 bridgehead atoms. The van der Waals surface area contributed by atoms with E-state index in [1.165, 1.54) is 7.11 Å². The Morgan fingerprint density at radius 2 is 1.95 bits per heavy atom. The van der Waals surface area contributed by atoms with Gasteiger partial charge in [0.05, 0.1) is 34.2 Å². The van der Waals surface area contributed by atoms with Crippen LogP contribution in [0.4, 0.5) is 0 Å². The molecule has 39 heavy (non-hydrogen) atoms. The zero-order chi connectivity index (χ0) is 28.2. The summed E-state index contributed by atoms with van der Waals surface area (Å²) in [5.41, 5.74) is 0.698. The van der Waals surface area contributed by atoms with E-state index in [2.05, 4.69) is 0 Å². The summed E-state index contributed by atoms with van der Waals surface area (Å²) in [7, 11) is 1.42. The summed E-state index contributed by atoms with van der Waals surface area (Å²) in [4.78, 5) is 26.9. The van der Waals surface area contributed by atoms with Crippen molar-refractivity contribution in [3.63, 3.8) is 0 Å². The number of rotatable bonds is 6. The normalized spacial score (nSPS) is 24.3. The minimum absolute atomic E-state index is 0.0219. The molecule has 0 radical (unpaired) electrons. The van der Waals surface area contributed by atoms with Crippen LogP contribution in [-0.4, -0.2) is 24.2 Å². The van der Waals surface area contributed by atoms with Crippen LogP contribution >= 0.6 is 23.2 Å². The van der Waals surface area contributed by atoms with E-state index in [-0.39, 0.29) is 63.0 Å². The number of fused-ring (bicyclic) bond motifs is 4. The highest BCUT2D eigenvalue weighted by atomic mass is 35.5. The molecule has 1 heterocycles. The minimum Gasteiger partial charge on any atom is -0.495 e. The van der Waals surface area contributed by atoms with Gasteiger partial charge >= 0.3 is 11.9 Å². The van der Waals surface area contributed by atoms with Gasteiger partial charge in [-0.2, -0.15) is 0 Å².